The van der Waals surface area contributed by atoms with Gasteiger partial charge in [-0.2, -0.15) is 5.10 Å². The molecule has 0 aliphatic carbocycles. The number of hydrogen-bond acceptors (Lipinski definition) is 5. The molecule has 0 bridgehead atoms. The average molecular weight is 365 g/mol. The lowest BCUT2D eigenvalue weighted by atomic mass is 10.1. The summed E-state index contributed by atoms with van der Waals surface area (Å²) in [5.41, 5.74) is 0.845. The predicted octanol–water partition coefficient (Wildman–Crippen LogP) is 1.91. The van der Waals surface area contributed by atoms with E-state index in [1.165, 1.54) is 0 Å². The molecule has 2 amide bonds. The molecule has 3 aromatic rings. The number of likely N-dealkylation sites (tertiary alicyclic amines) is 1. The number of carbonyl (C=O) groups excluding carboxylic acids is 2. The van der Waals surface area contributed by atoms with Crippen LogP contribution in [0.15, 0.2) is 59.5 Å². The molecular formula is C19H19N5O3. The fraction of sp³-hybridized carbons (Fsp3) is 0.263. The first-order valence-electron chi connectivity index (χ1n) is 8.72. The van der Waals surface area contributed by atoms with Gasteiger partial charge in [-0.15, -0.1) is 0 Å². The molecule has 0 radical (unpaired) electrons. The number of rotatable bonds is 6. The van der Waals surface area contributed by atoms with Crippen LogP contribution in [0.5, 0.6) is 0 Å². The fourth-order valence-corrected chi connectivity index (χ4v) is 3.13. The molecule has 138 valence electrons. The van der Waals surface area contributed by atoms with Crippen LogP contribution in [0.3, 0.4) is 0 Å². The quantitative estimate of drug-likeness (QED) is 0.720. The summed E-state index contributed by atoms with van der Waals surface area (Å²) in [5.74, 6) is 0.660. The van der Waals surface area contributed by atoms with Crippen LogP contribution in [0.25, 0.3) is 0 Å². The molecule has 1 saturated heterocycles. The van der Waals surface area contributed by atoms with E-state index in [0.29, 0.717) is 31.2 Å². The molecule has 3 aromatic heterocycles. The van der Waals surface area contributed by atoms with Gasteiger partial charge >= 0.3 is 0 Å². The molecule has 1 aliphatic heterocycles. The summed E-state index contributed by atoms with van der Waals surface area (Å²) < 4.78 is 6.96. The molecule has 0 aromatic carbocycles. The molecule has 8 nitrogen and oxygen atoms in total. The zero-order valence-corrected chi connectivity index (χ0v) is 14.6. The molecule has 0 unspecified atom stereocenters. The Morgan fingerprint density at radius 1 is 1.19 bits per heavy atom. The Labute approximate surface area is 155 Å². The van der Waals surface area contributed by atoms with Crippen LogP contribution in [0.4, 0.5) is 5.82 Å². The number of nitrogens with one attached hydrogen (secondary N) is 1. The largest absolute Gasteiger partial charge is 0.467 e. The Morgan fingerprint density at radius 3 is 2.89 bits per heavy atom. The maximum Gasteiger partial charge on any atom is 0.230 e. The van der Waals surface area contributed by atoms with Crippen molar-refractivity contribution in [3.8, 4) is 0 Å². The van der Waals surface area contributed by atoms with Gasteiger partial charge in [-0.05, 0) is 24.3 Å². The van der Waals surface area contributed by atoms with Crippen molar-refractivity contribution in [1.29, 1.82) is 0 Å². The van der Waals surface area contributed by atoms with Crippen molar-refractivity contribution in [1.82, 2.24) is 19.7 Å². The molecule has 8 heteroatoms. The summed E-state index contributed by atoms with van der Waals surface area (Å²) in [6, 6.07) is 11.0. The molecule has 0 spiro atoms. The van der Waals surface area contributed by atoms with Crippen molar-refractivity contribution in [3.63, 3.8) is 0 Å². The first-order chi connectivity index (χ1) is 13.2. The van der Waals surface area contributed by atoms with Crippen molar-refractivity contribution >= 4 is 17.6 Å². The number of anilines is 1. The van der Waals surface area contributed by atoms with E-state index in [0.717, 1.165) is 5.69 Å². The highest BCUT2D eigenvalue weighted by atomic mass is 16.3. The van der Waals surface area contributed by atoms with Crippen molar-refractivity contribution < 1.29 is 14.0 Å². The van der Waals surface area contributed by atoms with Gasteiger partial charge < -0.3 is 14.6 Å². The molecule has 1 fully saturated rings. The number of furan rings is 1. The summed E-state index contributed by atoms with van der Waals surface area (Å²) in [5, 5.41) is 7.13. The smallest absolute Gasteiger partial charge is 0.230 e. The topological polar surface area (TPSA) is 93.3 Å². The van der Waals surface area contributed by atoms with Crippen LogP contribution >= 0.6 is 0 Å². The Bertz CT molecular complexity index is 920. The SMILES string of the molecule is O=C(Nc1ccnn1Cc1ccccn1)[C@H]1CC(=O)N(Cc2ccco2)C1. The third-order valence-corrected chi connectivity index (χ3v) is 4.52. The second-order valence-electron chi connectivity index (χ2n) is 6.44. The lowest BCUT2D eigenvalue weighted by molar-refractivity contribution is -0.128. The molecule has 1 N–H and O–H groups in total. The van der Waals surface area contributed by atoms with E-state index in [2.05, 4.69) is 15.4 Å². The molecular weight excluding hydrogens is 346 g/mol. The van der Waals surface area contributed by atoms with Gasteiger partial charge in [-0.1, -0.05) is 6.07 Å². The lowest BCUT2D eigenvalue weighted by Crippen LogP contribution is -2.28. The van der Waals surface area contributed by atoms with Crippen LogP contribution in [0.2, 0.25) is 0 Å². The maximum atomic E-state index is 12.6. The number of hydrogen-bond donors (Lipinski definition) is 1. The standard InChI is InChI=1S/C19H19N5O3/c25-18-10-14(11-23(18)13-16-5-3-9-27-16)19(26)22-17-6-8-21-24(17)12-15-4-1-2-7-20-15/h1-9,14H,10-13H2,(H,22,26)/t14-/m0/s1. The Kier molecular flexibility index (Phi) is 4.69. The molecule has 0 saturated carbocycles. The zero-order valence-electron chi connectivity index (χ0n) is 14.6. The zero-order chi connectivity index (χ0) is 18.6. The normalized spacial score (nSPS) is 16.7. The van der Waals surface area contributed by atoms with E-state index in [9.17, 15) is 9.59 Å². The number of amides is 2. The first kappa shape index (κ1) is 17.0. The second kappa shape index (κ2) is 7.45. The van der Waals surface area contributed by atoms with Crippen molar-refractivity contribution in [2.75, 3.05) is 11.9 Å². The number of nitrogens with zero attached hydrogens (tertiary/aromatic N) is 4. The second-order valence-corrected chi connectivity index (χ2v) is 6.44. The highest BCUT2D eigenvalue weighted by Crippen LogP contribution is 2.22. The Hall–Kier alpha value is -3.42. The fourth-order valence-electron chi connectivity index (χ4n) is 3.13. The van der Waals surface area contributed by atoms with Gasteiger partial charge in [0.05, 0.1) is 37.2 Å². The highest BCUT2D eigenvalue weighted by Gasteiger charge is 2.35. The van der Waals surface area contributed by atoms with Gasteiger partial charge in [0.1, 0.15) is 11.6 Å². The van der Waals surface area contributed by atoms with Gasteiger partial charge in [-0.25, -0.2) is 4.68 Å². The molecule has 1 atom stereocenters. The van der Waals surface area contributed by atoms with Gasteiger partial charge in [0.15, 0.2) is 0 Å². The minimum Gasteiger partial charge on any atom is -0.467 e. The van der Waals surface area contributed by atoms with Crippen molar-refractivity contribution in [3.05, 3.63) is 66.5 Å². The molecule has 4 rings (SSSR count). The molecule has 27 heavy (non-hydrogen) atoms. The third kappa shape index (κ3) is 3.89. The van der Waals surface area contributed by atoms with E-state index in [4.69, 9.17) is 4.42 Å². The number of pyridine rings is 1. The highest BCUT2D eigenvalue weighted by molar-refractivity contribution is 5.96. The number of carbonyl (C=O) groups is 2. The van der Waals surface area contributed by atoms with E-state index in [-0.39, 0.29) is 18.2 Å². The predicted molar refractivity (Wildman–Crippen MR) is 96.4 cm³/mol. The average Bonchev–Trinajstić information content (AvgIpc) is 3.40. The summed E-state index contributed by atoms with van der Waals surface area (Å²) >= 11 is 0. The molecule has 4 heterocycles. The van der Waals surface area contributed by atoms with E-state index >= 15 is 0 Å². The number of aromatic nitrogens is 3. The Balaban J connectivity index is 1.38. The van der Waals surface area contributed by atoms with Gasteiger partial charge in [0.25, 0.3) is 0 Å². The summed E-state index contributed by atoms with van der Waals surface area (Å²) in [6.07, 6.45) is 5.11. The minimum atomic E-state index is -0.398. The minimum absolute atomic E-state index is 0.0476. The maximum absolute atomic E-state index is 12.6. The van der Waals surface area contributed by atoms with E-state index in [1.807, 2.05) is 24.3 Å². The van der Waals surface area contributed by atoms with Crippen LogP contribution in [-0.2, 0) is 22.7 Å². The van der Waals surface area contributed by atoms with Crippen LogP contribution in [-0.4, -0.2) is 38.0 Å². The Morgan fingerprint density at radius 2 is 2.11 bits per heavy atom. The van der Waals surface area contributed by atoms with Gasteiger partial charge in [0, 0.05) is 25.2 Å². The first-order valence-corrected chi connectivity index (χ1v) is 8.72. The molecule has 1 aliphatic rings. The van der Waals surface area contributed by atoms with Crippen LogP contribution in [0.1, 0.15) is 17.9 Å². The van der Waals surface area contributed by atoms with Crippen molar-refractivity contribution in [2.24, 2.45) is 5.92 Å². The van der Waals surface area contributed by atoms with Gasteiger partial charge in [0.2, 0.25) is 11.8 Å². The van der Waals surface area contributed by atoms with Crippen LogP contribution in [0, 0.1) is 5.92 Å². The third-order valence-electron chi connectivity index (χ3n) is 4.52. The van der Waals surface area contributed by atoms with Crippen molar-refractivity contribution in [2.45, 2.75) is 19.5 Å². The van der Waals surface area contributed by atoms with E-state index < -0.39 is 5.92 Å². The summed E-state index contributed by atoms with van der Waals surface area (Å²) in [6.45, 7) is 1.21. The summed E-state index contributed by atoms with van der Waals surface area (Å²) in [4.78, 5) is 30.8. The van der Waals surface area contributed by atoms with Crippen LogP contribution < -0.4 is 5.32 Å². The summed E-state index contributed by atoms with van der Waals surface area (Å²) in [7, 11) is 0. The lowest BCUT2D eigenvalue weighted by Gasteiger charge is -2.15. The van der Waals surface area contributed by atoms with E-state index in [1.54, 1.807) is 40.4 Å². The van der Waals surface area contributed by atoms with Gasteiger partial charge in [-0.3, -0.25) is 14.6 Å². The monoisotopic (exact) mass is 365 g/mol.